The molecule has 0 fully saturated rings. The van der Waals surface area contributed by atoms with Crippen LogP contribution in [0.3, 0.4) is 0 Å². The maximum atomic E-state index is 12.5. The van der Waals surface area contributed by atoms with Crippen LogP contribution in [0.4, 0.5) is 0 Å². The Morgan fingerprint density at radius 1 is 0.840 bits per heavy atom. The van der Waals surface area contributed by atoms with Gasteiger partial charge in [-0.3, -0.25) is 4.79 Å². The number of ether oxygens (including phenoxy) is 3. The summed E-state index contributed by atoms with van der Waals surface area (Å²) in [4.78, 5) is 12.5. The minimum atomic E-state index is -0.478. The molecule has 0 aliphatic rings. The molecule has 0 radical (unpaired) electrons. The van der Waals surface area contributed by atoms with Crippen molar-refractivity contribution in [3.63, 3.8) is 0 Å². The normalized spacial score (nSPS) is 10.7. The van der Waals surface area contributed by atoms with Gasteiger partial charge in [-0.25, -0.2) is 0 Å². The smallest absolute Gasteiger partial charge is 0.204 e. The first-order chi connectivity index (χ1) is 12.0. The Morgan fingerprint density at radius 3 is 2.04 bits per heavy atom. The van der Waals surface area contributed by atoms with Gasteiger partial charge in [-0.05, 0) is 12.1 Å². The Bertz CT molecular complexity index is 982. The molecule has 2 aromatic carbocycles. The van der Waals surface area contributed by atoms with E-state index in [4.69, 9.17) is 18.6 Å². The number of hydrogen-bond donors (Lipinski definition) is 2. The van der Waals surface area contributed by atoms with Crippen molar-refractivity contribution in [2.24, 2.45) is 0 Å². The average Bonchev–Trinajstić information content (AvgIpc) is 2.60. The fraction of sp³-hybridized carbons (Fsp3) is 0.167. The van der Waals surface area contributed by atoms with Gasteiger partial charge >= 0.3 is 0 Å². The third-order valence-corrected chi connectivity index (χ3v) is 3.76. The number of methoxy groups -OCH3 is 3. The van der Waals surface area contributed by atoms with Crippen molar-refractivity contribution in [3.05, 3.63) is 40.6 Å². The summed E-state index contributed by atoms with van der Waals surface area (Å²) in [6, 6.07) is 7.30. The van der Waals surface area contributed by atoms with Gasteiger partial charge in [-0.2, -0.15) is 0 Å². The monoisotopic (exact) mass is 344 g/mol. The van der Waals surface area contributed by atoms with Gasteiger partial charge in [0.15, 0.2) is 16.8 Å². The zero-order valence-corrected chi connectivity index (χ0v) is 13.8. The van der Waals surface area contributed by atoms with Crippen LogP contribution < -0.4 is 19.6 Å². The zero-order chi connectivity index (χ0) is 18.1. The molecule has 0 spiro atoms. The standard InChI is InChI=1S/C18H16O7/c1-22-10-4-9(5-11(6-10)23-2)15-8-13(20)16-12(19)7-14(21)17(24-3)18(16)25-15/h4-8,19,21H,1-3H3. The molecule has 25 heavy (non-hydrogen) atoms. The Hall–Kier alpha value is -3.35. The summed E-state index contributed by atoms with van der Waals surface area (Å²) < 4.78 is 21.3. The molecule has 0 atom stereocenters. The molecule has 3 rings (SSSR count). The fourth-order valence-corrected chi connectivity index (χ4v) is 2.57. The maximum Gasteiger partial charge on any atom is 0.204 e. The van der Waals surface area contributed by atoms with E-state index in [1.165, 1.54) is 27.4 Å². The lowest BCUT2D eigenvalue weighted by Crippen LogP contribution is -2.02. The second kappa shape index (κ2) is 6.27. The minimum absolute atomic E-state index is 0.0402. The minimum Gasteiger partial charge on any atom is -0.507 e. The van der Waals surface area contributed by atoms with E-state index in [0.29, 0.717) is 17.1 Å². The number of phenols is 2. The second-order valence-corrected chi connectivity index (χ2v) is 5.23. The van der Waals surface area contributed by atoms with E-state index >= 15 is 0 Å². The van der Waals surface area contributed by atoms with Crippen LogP contribution in [0.2, 0.25) is 0 Å². The van der Waals surface area contributed by atoms with Crippen molar-refractivity contribution >= 4 is 11.0 Å². The van der Waals surface area contributed by atoms with Crippen LogP contribution >= 0.6 is 0 Å². The van der Waals surface area contributed by atoms with Crippen LogP contribution in [-0.4, -0.2) is 31.5 Å². The third-order valence-electron chi connectivity index (χ3n) is 3.76. The Balaban J connectivity index is 2.34. The molecule has 0 unspecified atom stereocenters. The summed E-state index contributed by atoms with van der Waals surface area (Å²) >= 11 is 0. The molecule has 1 heterocycles. The van der Waals surface area contributed by atoms with Gasteiger partial charge in [0.05, 0.1) is 21.3 Å². The summed E-state index contributed by atoms with van der Waals surface area (Å²) in [5, 5.41) is 19.8. The van der Waals surface area contributed by atoms with E-state index in [9.17, 15) is 15.0 Å². The van der Waals surface area contributed by atoms with Crippen LogP contribution in [0.15, 0.2) is 39.5 Å². The Morgan fingerprint density at radius 2 is 1.48 bits per heavy atom. The van der Waals surface area contributed by atoms with E-state index in [1.807, 2.05) is 0 Å². The number of hydrogen-bond acceptors (Lipinski definition) is 7. The van der Waals surface area contributed by atoms with Crippen molar-refractivity contribution in [2.75, 3.05) is 21.3 Å². The van der Waals surface area contributed by atoms with Gasteiger partial charge in [0, 0.05) is 23.8 Å². The van der Waals surface area contributed by atoms with Crippen LogP contribution in [-0.2, 0) is 0 Å². The lowest BCUT2D eigenvalue weighted by molar-refractivity contribution is 0.367. The summed E-state index contributed by atoms with van der Waals surface area (Å²) in [6.07, 6.45) is 0. The largest absolute Gasteiger partial charge is 0.507 e. The fourth-order valence-electron chi connectivity index (χ4n) is 2.57. The zero-order valence-electron chi connectivity index (χ0n) is 13.8. The highest BCUT2D eigenvalue weighted by Crippen LogP contribution is 2.40. The van der Waals surface area contributed by atoms with Crippen molar-refractivity contribution in [1.29, 1.82) is 0 Å². The topological polar surface area (TPSA) is 98.4 Å². The predicted molar refractivity (Wildman–Crippen MR) is 90.9 cm³/mol. The summed E-state index contributed by atoms with van der Waals surface area (Å²) in [6.45, 7) is 0. The SMILES string of the molecule is COc1cc(OC)cc(-c2cc(=O)c3c(O)cc(O)c(OC)c3o2)c1. The molecule has 0 aliphatic carbocycles. The van der Waals surface area contributed by atoms with Crippen LogP contribution in [0.25, 0.3) is 22.3 Å². The van der Waals surface area contributed by atoms with E-state index in [1.54, 1.807) is 18.2 Å². The van der Waals surface area contributed by atoms with Crippen LogP contribution in [0, 0.1) is 0 Å². The number of benzene rings is 2. The average molecular weight is 344 g/mol. The molecule has 7 heteroatoms. The van der Waals surface area contributed by atoms with E-state index < -0.39 is 11.2 Å². The molecule has 0 amide bonds. The van der Waals surface area contributed by atoms with Gasteiger partial charge in [0.1, 0.15) is 28.4 Å². The summed E-state index contributed by atoms with van der Waals surface area (Å²) in [5.41, 5.74) is -0.00166. The van der Waals surface area contributed by atoms with Crippen molar-refractivity contribution < 1.29 is 28.8 Å². The highest BCUT2D eigenvalue weighted by Gasteiger charge is 2.19. The number of phenolic OH excluding ortho intramolecular Hbond substituents is 2. The molecule has 7 nitrogen and oxygen atoms in total. The summed E-state index contributed by atoms with van der Waals surface area (Å²) in [7, 11) is 4.34. The number of aromatic hydroxyl groups is 2. The molecular formula is C18H16O7. The highest BCUT2D eigenvalue weighted by molar-refractivity contribution is 5.91. The predicted octanol–water partition coefficient (Wildman–Crippen LogP) is 2.90. The molecule has 130 valence electrons. The molecule has 0 bridgehead atoms. The van der Waals surface area contributed by atoms with Gasteiger partial charge in [0.2, 0.25) is 5.75 Å². The van der Waals surface area contributed by atoms with E-state index in [-0.39, 0.29) is 28.2 Å². The molecule has 0 aliphatic heterocycles. The van der Waals surface area contributed by atoms with Gasteiger partial charge in [-0.15, -0.1) is 0 Å². The first-order valence-electron chi connectivity index (χ1n) is 7.28. The van der Waals surface area contributed by atoms with Gasteiger partial charge in [-0.1, -0.05) is 0 Å². The quantitative estimate of drug-likeness (QED) is 0.751. The second-order valence-electron chi connectivity index (χ2n) is 5.23. The third kappa shape index (κ3) is 2.80. The first-order valence-corrected chi connectivity index (χ1v) is 7.28. The lowest BCUT2D eigenvalue weighted by Gasteiger charge is -2.11. The Kier molecular flexibility index (Phi) is 4.14. The van der Waals surface area contributed by atoms with Gasteiger partial charge < -0.3 is 28.8 Å². The highest BCUT2D eigenvalue weighted by atomic mass is 16.5. The Labute approximate surface area is 142 Å². The van der Waals surface area contributed by atoms with E-state index in [2.05, 4.69) is 0 Å². The van der Waals surface area contributed by atoms with Crippen molar-refractivity contribution in [3.8, 4) is 40.1 Å². The lowest BCUT2D eigenvalue weighted by atomic mass is 10.1. The molecule has 0 saturated carbocycles. The number of rotatable bonds is 4. The molecule has 0 saturated heterocycles. The van der Waals surface area contributed by atoms with Crippen LogP contribution in [0.1, 0.15) is 0 Å². The molecule has 1 aromatic heterocycles. The maximum absolute atomic E-state index is 12.5. The molecule has 3 aromatic rings. The first kappa shape index (κ1) is 16.5. The van der Waals surface area contributed by atoms with Crippen molar-refractivity contribution in [2.45, 2.75) is 0 Å². The molecular weight excluding hydrogens is 328 g/mol. The molecule has 2 N–H and O–H groups in total. The van der Waals surface area contributed by atoms with Crippen molar-refractivity contribution in [1.82, 2.24) is 0 Å². The van der Waals surface area contributed by atoms with Crippen LogP contribution in [0.5, 0.6) is 28.7 Å². The van der Waals surface area contributed by atoms with Gasteiger partial charge in [0.25, 0.3) is 0 Å². The number of fused-ring (bicyclic) bond motifs is 1. The van der Waals surface area contributed by atoms with E-state index in [0.717, 1.165) is 6.07 Å². The summed E-state index contributed by atoms with van der Waals surface area (Å²) in [5.74, 6) is 0.470.